The van der Waals surface area contributed by atoms with Gasteiger partial charge < -0.3 is 15.2 Å². The summed E-state index contributed by atoms with van der Waals surface area (Å²) >= 11 is 0. The first-order chi connectivity index (χ1) is 10.0. The van der Waals surface area contributed by atoms with E-state index in [-0.39, 0.29) is 25.9 Å². The van der Waals surface area contributed by atoms with Gasteiger partial charge in [0, 0.05) is 31.8 Å². The molecule has 0 bridgehead atoms. The number of carbonyl (C=O) groups excluding carboxylic acids is 2. The van der Waals surface area contributed by atoms with E-state index in [9.17, 15) is 14.4 Å². The summed E-state index contributed by atoms with van der Waals surface area (Å²) in [5.41, 5.74) is 0. The third-order valence-corrected chi connectivity index (χ3v) is 2.70. The zero-order valence-corrected chi connectivity index (χ0v) is 11.8. The minimum Gasteiger partial charge on any atom is -0.480 e. The number of carbonyl (C=O) groups is 3. The van der Waals surface area contributed by atoms with Gasteiger partial charge in [-0.1, -0.05) is 0 Å². The van der Waals surface area contributed by atoms with E-state index < -0.39 is 23.9 Å². The molecule has 1 rings (SSSR count). The molecular weight excluding hydrogens is 278 g/mol. The number of nitrogens with one attached hydrogen (secondary N) is 1. The molecule has 0 aliphatic heterocycles. The van der Waals surface area contributed by atoms with Gasteiger partial charge in [-0.15, -0.1) is 0 Å². The van der Waals surface area contributed by atoms with E-state index in [4.69, 9.17) is 9.84 Å². The largest absolute Gasteiger partial charge is 0.480 e. The van der Waals surface area contributed by atoms with Crippen molar-refractivity contribution in [1.82, 2.24) is 15.1 Å². The summed E-state index contributed by atoms with van der Waals surface area (Å²) in [7, 11) is 0. The Morgan fingerprint density at radius 1 is 1.38 bits per heavy atom. The third kappa shape index (κ3) is 6.55. The predicted molar refractivity (Wildman–Crippen MR) is 72.3 cm³/mol. The zero-order valence-electron chi connectivity index (χ0n) is 11.8. The van der Waals surface area contributed by atoms with Crippen LogP contribution in [0.3, 0.4) is 0 Å². The van der Waals surface area contributed by atoms with Crippen molar-refractivity contribution in [2.45, 2.75) is 38.8 Å². The van der Waals surface area contributed by atoms with Gasteiger partial charge >= 0.3 is 11.9 Å². The molecule has 116 valence electrons. The maximum Gasteiger partial charge on any atom is 0.326 e. The number of hydrogen-bond acceptors (Lipinski definition) is 5. The van der Waals surface area contributed by atoms with Gasteiger partial charge in [-0.25, -0.2) is 4.79 Å². The van der Waals surface area contributed by atoms with Gasteiger partial charge in [0.1, 0.15) is 6.04 Å². The Balaban J connectivity index is 2.37. The molecule has 2 N–H and O–H groups in total. The van der Waals surface area contributed by atoms with Crippen molar-refractivity contribution in [3.63, 3.8) is 0 Å². The molecule has 21 heavy (non-hydrogen) atoms. The summed E-state index contributed by atoms with van der Waals surface area (Å²) < 4.78 is 6.29. The minimum atomic E-state index is -1.17. The van der Waals surface area contributed by atoms with Gasteiger partial charge in [-0.3, -0.25) is 14.3 Å². The molecule has 0 aliphatic carbocycles. The Morgan fingerprint density at radius 3 is 2.71 bits per heavy atom. The SMILES string of the molecule is CCOC(=O)CC[C@H](NC(=O)CCn1cccn1)C(=O)O. The predicted octanol–water partition coefficient (Wildman–Crippen LogP) is 0.186. The average molecular weight is 297 g/mol. The van der Waals surface area contributed by atoms with E-state index in [1.807, 2.05) is 0 Å². The summed E-state index contributed by atoms with van der Waals surface area (Å²) in [4.78, 5) is 33.9. The Kier molecular flexibility index (Phi) is 6.93. The normalized spacial score (nSPS) is 11.7. The topological polar surface area (TPSA) is 111 Å². The highest BCUT2D eigenvalue weighted by atomic mass is 16.5. The van der Waals surface area contributed by atoms with Crippen LogP contribution in [0.4, 0.5) is 0 Å². The quantitative estimate of drug-likeness (QED) is 0.629. The molecule has 0 saturated heterocycles. The monoisotopic (exact) mass is 297 g/mol. The van der Waals surface area contributed by atoms with Crippen LogP contribution >= 0.6 is 0 Å². The molecule has 1 aromatic rings. The molecule has 1 heterocycles. The number of ether oxygens (including phenoxy) is 1. The van der Waals surface area contributed by atoms with Crippen LogP contribution < -0.4 is 5.32 Å². The van der Waals surface area contributed by atoms with Crippen molar-refractivity contribution in [3.8, 4) is 0 Å². The maximum atomic E-state index is 11.7. The highest BCUT2D eigenvalue weighted by Gasteiger charge is 2.21. The van der Waals surface area contributed by atoms with Crippen molar-refractivity contribution in [1.29, 1.82) is 0 Å². The molecule has 8 heteroatoms. The number of carboxylic acid groups (broad SMARTS) is 1. The number of aliphatic carboxylic acids is 1. The molecular formula is C13H19N3O5. The van der Waals surface area contributed by atoms with Gasteiger partial charge in [-0.2, -0.15) is 5.10 Å². The summed E-state index contributed by atoms with van der Waals surface area (Å²) in [6, 6.07) is 0.636. The number of aromatic nitrogens is 2. The molecule has 0 unspecified atom stereocenters. The Hall–Kier alpha value is -2.38. The van der Waals surface area contributed by atoms with Crippen LogP contribution in [0.5, 0.6) is 0 Å². The molecule has 8 nitrogen and oxygen atoms in total. The van der Waals surface area contributed by atoms with Gasteiger partial charge in [0.15, 0.2) is 0 Å². The van der Waals surface area contributed by atoms with Crippen LogP contribution in [0.2, 0.25) is 0 Å². The first kappa shape index (κ1) is 16.7. The maximum absolute atomic E-state index is 11.7. The lowest BCUT2D eigenvalue weighted by Crippen LogP contribution is -2.41. The first-order valence-corrected chi connectivity index (χ1v) is 6.68. The standard InChI is InChI=1S/C13H19N3O5/c1-2-21-12(18)5-4-10(13(19)20)15-11(17)6-9-16-8-3-7-14-16/h3,7-8,10H,2,4-6,9H2,1H3,(H,15,17)(H,19,20)/t10-/m0/s1. The number of esters is 1. The second-order valence-electron chi connectivity index (χ2n) is 4.32. The molecule has 0 aromatic carbocycles. The fourth-order valence-electron chi connectivity index (χ4n) is 1.67. The van der Waals surface area contributed by atoms with E-state index in [1.165, 1.54) is 0 Å². The van der Waals surface area contributed by atoms with Crippen molar-refractivity contribution in [2.24, 2.45) is 0 Å². The van der Waals surface area contributed by atoms with Crippen molar-refractivity contribution in [3.05, 3.63) is 18.5 Å². The molecule has 0 saturated carbocycles. The molecule has 0 radical (unpaired) electrons. The Morgan fingerprint density at radius 2 is 2.14 bits per heavy atom. The van der Waals surface area contributed by atoms with Gasteiger partial charge in [0.2, 0.25) is 5.91 Å². The van der Waals surface area contributed by atoms with Gasteiger partial charge in [0.25, 0.3) is 0 Å². The van der Waals surface area contributed by atoms with E-state index in [1.54, 1.807) is 30.1 Å². The lowest BCUT2D eigenvalue weighted by molar-refractivity contribution is -0.145. The zero-order chi connectivity index (χ0) is 15.7. The number of rotatable bonds is 9. The molecule has 0 aliphatic rings. The van der Waals surface area contributed by atoms with E-state index in [2.05, 4.69) is 10.4 Å². The Labute approximate surface area is 122 Å². The van der Waals surface area contributed by atoms with Crippen LogP contribution in [0.15, 0.2) is 18.5 Å². The molecule has 1 amide bonds. The highest BCUT2D eigenvalue weighted by Crippen LogP contribution is 2.01. The average Bonchev–Trinajstić information content (AvgIpc) is 2.94. The van der Waals surface area contributed by atoms with Gasteiger partial charge in [-0.05, 0) is 19.4 Å². The fraction of sp³-hybridized carbons (Fsp3) is 0.538. The van der Waals surface area contributed by atoms with Crippen LogP contribution in [0, 0.1) is 0 Å². The first-order valence-electron chi connectivity index (χ1n) is 6.68. The molecule has 0 fully saturated rings. The minimum absolute atomic E-state index is 0.00166. The Bertz CT molecular complexity index is 472. The number of hydrogen-bond donors (Lipinski definition) is 2. The number of amides is 1. The number of aryl methyl sites for hydroxylation is 1. The second-order valence-corrected chi connectivity index (χ2v) is 4.32. The van der Waals surface area contributed by atoms with Crippen LogP contribution in [0.1, 0.15) is 26.2 Å². The van der Waals surface area contributed by atoms with Crippen molar-refractivity contribution >= 4 is 17.8 Å². The lowest BCUT2D eigenvalue weighted by atomic mass is 10.1. The summed E-state index contributed by atoms with van der Waals surface area (Å²) in [5.74, 6) is -2.05. The number of carboxylic acids is 1. The molecule has 0 spiro atoms. The molecule has 1 atom stereocenters. The van der Waals surface area contributed by atoms with Crippen LogP contribution in [0.25, 0.3) is 0 Å². The lowest BCUT2D eigenvalue weighted by Gasteiger charge is -2.14. The van der Waals surface area contributed by atoms with Gasteiger partial charge in [0.05, 0.1) is 6.61 Å². The van der Waals surface area contributed by atoms with Crippen LogP contribution in [-0.4, -0.2) is 45.4 Å². The van der Waals surface area contributed by atoms with E-state index in [0.29, 0.717) is 6.54 Å². The van der Waals surface area contributed by atoms with Crippen molar-refractivity contribution in [2.75, 3.05) is 6.61 Å². The third-order valence-electron chi connectivity index (χ3n) is 2.70. The second kappa shape index (κ2) is 8.72. The smallest absolute Gasteiger partial charge is 0.326 e. The van der Waals surface area contributed by atoms with E-state index >= 15 is 0 Å². The summed E-state index contributed by atoms with van der Waals surface area (Å²) in [5, 5.41) is 15.4. The fourth-order valence-corrected chi connectivity index (χ4v) is 1.67. The summed E-state index contributed by atoms with van der Waals surface area (Å²) in [6.07, 6.45) is 3.37. The number of nitrogens with zero attached hydrogens (tertiary/aromatic N) is 2. The van der Waals surface area contributed by atoms with Crippen molar-refractivity contribution < 1.29 is 24.2 Å². The highest BCUT2D eigenvalue weighted by molar-refractivity contribution is 5.83. The van der Waals surface area contributed by atoms with E-state index in [0.717, 1.165) is 0 Å². The summed E-state index contributed by atoms with van der Waals surface area (Å²) in [6.45, 7) is 2.28. The molecule has 1 aromatic heterocycles. The van der Waals surface area contributed by atoms with Crippen LogP contribution in [-0.2, 0) is 25.7 Å².